The average Bonchev–Trinajstić information content (AvgIpc) is 3.30. The Morgan fingerprint density at radius 3 is 1.38 bits per heavy atom. The van der Waals surface area contributed by atoms with Gasteiger partial charge in [-0.25, -0.2) is 0 Å². The van der Waals surface area contributed by atoms with E-state index in [0.717, 1.165) is 110 Å². The first-order valence-electron chi connectivity index (χ1n) is 28.4. The highest BCUT2D eigenvalue weighted by atomic mass is 16.5. The molecule has 1 aliphatic rings. The molecule has 1 saturated carbocycles. The van der Waals surface area contributed by atoms with E-state index in [1.807, 2.05) is 0 Å². The molecule has 0 aromatic carbocycles. The number of unbranched alkanes of at least 4 members (excludes halogenated alkanes) is 24. The molecule has 2 unspecified atom stereocenters. The van der Waals surface area contributed by atoms with Crippen LogP contribution in [0.25, 0.3) is 0 Å². The summed E-state index contributed by atoms with van der Waals surface area (Å²) in [5, 5.41) is 6.28. The third-order valence-electron chi connectivity index (χ3n) is 14.0. The largest absolute Gasteiger partial charge is 0.466 e. The van der Waals surface area contributed by atoms with Crippen LogP contribution in [0.1, 0.15) is 272 Å². The predicted octanol–water partition coefficient (Wildman–Crippen LogP) is 14.0. The molecule has 9 heteroatoms. The molecule has 9 nitrogen and oxygen atoms in total. The van der Waals surface area contributed by atoms with Crippen LogP contribution in [0.5, 0.6) is 0 Å². The Morgan fingerprint density at radius 1 is 0.477 bits per heavy atom. The summed E-state index contributed by atoms with van der Waals surface area (Å²) in [6, 6.07) is -0.805. The number of likely N-dealkylation sites (N-methyl/N-ethyl adjacent to an activating group) is 1. The molecule has 0 radical (unpaired) electrons. The Balaban J connectivity index is 2.41. The molecule has 0 aromatic rings. The highest BCUT2D eigenvalue weighted by Crippen LogP contribution is 2.23. The fraction of sp³-hybridized carbons (Fsp3) is 0.929. The molecule has 0 bridgehead atoms. The summed E-state index contributed by atoms with van der Waals surface area (Å²) >= 11 is 0. The quantitative estimate of drug-likeness (QED) is 0.0350. The molecule has 65 heavy (non-hydrogen) atoms. The van der Waals surface area contributed by atoms with Gasteiger partial charge in [0, 0.05) is 12.8 Å². The van der Waals surface area contributed by atoms with Gasteiger partial charge in [-0.2, -0.15) is 0 Å². The fourth-order valence-corrected chi connectivity index (χ4v) is 9.56. The molecular formula is C56H107N3O6. The highest BCUT2D eigenvalue weighted by molar-refractivity contribution is 6.49. The van der Waals surface area contributed by atoms with Gasteiger partial charge < -0.3 is 25.0 Å². The Morgan fingerprint density at radius 2 is 0.877 bits per heavy atom. The molecule has 0 saturated heterocycles. The lowest BCUT2D eigenvalue weighted by Crippen LogP contribution is -2.68. The van der Waals surface area contributed by atoms with Crippen LogP contribution >= 0.6 is 0 Å². The summed E-state index contributed by atoms with van der Waals surface area (Å²) in [5.41, 5.74) is 0. The highest BCUT2D eigenvalue weighted by Gasteiger charge is 2.47. The van der Waals surface area contributed by atoms with E-state index < -0.39 is 12.1 Å². The van der Waals surface area contributed by atoms with Gasteiger partial charge in [-0.15, -0.1) is 0 Å². The van der Waals surface area contributed by atoms with Crippen molar-refractivity contribution in [3.63, 3.8) is 0 Å². The second-order valence-corrected chi connectivity index (χ2v) is 20.0. The molecule has 0 amide bonds. The van der Waals surface area contributed by atoms with E-state index in [0.29, 0.717) is 31.9 Å². The van der Waals surface area contributed by atoms with Gasteiger partial charge in [0.25, 0.3) is 0 Å². The van der Waals surface area contributed by atoms with E-state index in [9.17, 15) is 19.2 Å². The number of ether oxygens (including phenoxy) is 2. The molecule has 2 N–H and O–H groups in total. The predicted molar refractivity (Wildman–Crippen MR) is 274 cm³/mol. The normalized spacial score (nSPS) is 15.1. The number of Topliss-reactive ketones (excluding diaryl/α,β-unsaturated/α-hetero) is 2. The van der Waals surface area contributed by atoms with Crippen molar-refractivity contribution < 1.29 is 28.7 Å². The van der Waals surface area contributed by atoms with Crippen molar-refractivity contribution in [2.75, 3.05) is 39.8 Å². The van der Waals surface area contributed by atoms with Gasteiger partial charge in [0.1, 0.15) is 6.10 Å². The first kappa shape index (κ1) is 61.2. The van der Waals surface area contributed by atoms with Crippen molar-refractivity contribution in [2.24, 2.45) is 5.92 Å². The minimum absolute atomic E-state index is 0.000912. The van der Waals surface area contributed by atoms with Gasteiger partial charge in [-0.3, -0.25) is 19.2 Å². The summed E-state index contributed by atoms with van der Waals surface area (Å²) in [5.74, 6) is 0.0392. The van der Waals surface area contributed by atoms with Crippen molar-refractivity contribution in [2.45, 2.75) is 290 Å². The zero-order valence-corrected chi connectivity index (χ0v) is 43.6. The van der Waals surface area contributed by atoms with Crippen LogP contribution in [0, 0.1) is 5.92 Å². The first-order chi connectivity index (χ1) is 31.8. The fourth-order valence-electron chi connectivity index (χ4n) is 9.56. The van der Waals surface area contributed by atoms with Crippen LogP contribution < -0.4 is 10.6 Å². The van der Waals surface area contributed by atoms with Crippen molar-refractivity contribution in [1.29, 1.82) is 0 Å². The van der Waals surface area contributed by atoms with Crippen LogP contribution in [-0.2, 0) is 28.7 Å². The Bertz CT molecular complexity index is 1110. The van der Waals surface area contributed by atoms with E-state index in [2.05, 4.69) is 43.2 Å². The van der Waals surface area contributed by atoms with E-state index in [-0.39, 0.29) is 29.6 Å². The average molecular weight is 918 g/mol. The molecule has 0 spiro atoms. The second-order valence-electron chi connectivity index (χ2n) is 20.0. The summed E-state index contributed by atoms with van der Waals surface area (Å²) in [4.78, 5) is 52.0. The standard InChI is InChI=1S/C56H107N3O6/c1-6-10-14-18-22-30-39-50(40-31-23-19-15-11-7-2)65-52(61)42-33-25-21-27-35-46-59(47-36-44-58-54-53(57-5)55(62)56(54)63)45-34-26-20-24-32-41-51(60)64-48-43-49(37-28-16-12-8-3)38-29-17-13-9-4/h49-50,53-54,57-58H,6-48H2,1-5H3. The van der Waals surface area contributed by atoms with E-state index in [4.69, 9.17) is 9.47 Å². The number of ketones is 2. The lowest BCUT2D eigenvalue weighted by atomic mass is 9.83. The number of carbonyl (C=O) groups excluding carboxylic acids is 4. The third kappa shape index (κ3) is 34.2. The summed E-state index contributed by atoms with van der Waals surface area (Å²) in [6.07, 6.45) is 44.1. The number of rotatable bonds is 50. The van der Waals surface area contributed by atoms with Crippen molar-refractivity contribution in [1.82, 2.24) is 15.5 Å². The van der Waals surface area contributed by atoms with Gasteiger partial charge in [-0.1, -0.05) is 195 Å². The molecule has 0 aliphatic heterocycles. The van der Waals surface area contributed by atoms with Crippen LogP contribution in [0.3, 0.4) is 0 Å². The van der Waals surface area contributed by atoms with Gasteiger partial charge in [-0.05, 0) is 103 Å². The number of nitrogens with zero attached hydrogens (tertiary/aromatic N) is 1. The first-order valence-corrected chi connectivity index (χ1v) is 28.4. The van der Waals surface area contributed by atoms with Gasteiger partial charge in [0.2, 0.25) is 11.6 Å². The smallest absolute Gasteiger partial charge is 0.306 e. The maximum absolute atomic E-state index is 12.9. The molecule has 1 rings (SSSR count). The van der Waals surface area contributed by atoms with E-state index >= 15 is 0 Å². The number of carbonyl (C=O) groups is 4. The lowest BCUT2D eigenvalue weighted by Gasteiger charge is -2.33. The van der Waals surface area contributed by atoms with Crippen molar-refractivity contribution in [3.05, 3.63) is 0 Å². The molecule has 1 aliphatic carbocycles. The van der Waals surface area contributed by atoms with Crippen LogP contribution in [0.15, 0.2) is 0 Å². The minimum atomic E-state index is -0.403. The van der Waals surface area contributed by atoms with Crippen LogP contribution in [0.4, 0.5) is 0 Å². The van der Waals surface area contributed by atoms with Gasteiger partial charge in [0.05, 0.1) is 18.7 Å². The molecule has 382 valence electrons. The van der Waals surface area contributed by atoms with Crippen LogP contribution in [0.2, 0.25) is 0 Å². The van der Waals surface area contributed by atoms with Crippen molar-refractivity contribution in [3.8, 4) is 0 Å². The maximum Gasteiger partial charge on any atom is 0.306 e. The van der Waals surface area contributed by atoms with E-state index in [1.165, 1.54) is 141 Å². The Labute approximate surface area is 402 Å². The molecule has 2 atom stereocenters. The van der Waals surface area contributed by atoms with Gasteiger partial charge >= 0.3 is 11.9 Å². The molecule has 0 aromatic heterocycles. The minimum Gasteiger partial charge on any atom is -0.466 e. The molecular weight excluding hydrogens is 811 g/mol. The Kier molecular flexibility index (Phi) is 42.0. The third-order valence-corrected chi connectivity index (χ3v) is 14.0. The Hall–Kier alpha value is -1.84. The zero-order chi connectivity index (χ0) is 47.4. The number of hydrogen-bond donors (Lipinski definition) is 2. The second kappa shape index (κ2) is 44.7. The topological polar surface area (TPSA) is 114 Å². The lowest BCUT2D eigenvalue weighted by molar-refractivity contribution is -0.150. The number of nitrogens with one attached hydrogen (secondary N) is 2. The van der Waals surface area contributed by atoms with E-state index in [1.54, 1.807) is 7.05 Å². The summed E-state index contributed by atoms with van der Waals surface area (Å²) in [6.45, 7) is 13.4. The summed E-state index contributed by atoms with van der Waals surface area (Å²) < 4.78 is 11.8. The van der Waals surface area contributed by atoms with Crippen LogP contribution in [-0.4, -0.2) is 86.4 Å². The monoisotopic (exact) mass is 918 g/mol. The molecule has 1 fully saturated rings. The number of esters is 2. The number of hydrogen-bond acceptors (Lipinski definition) is 9. The molecule has 0 heterocycles. The SMILES string of the molecule is CCCCCCCCC(CCCCCCCC)OC(=O)CCCCCCCN(CCCCCCCC(=O)OCCC(CCCCCC)CCCCCC)CCCNC1C(=O)C(=O)C1NC. The van der Waals surface area contributed by atoms with Crippen molar-refractivity contribution >= 4 is 23.5 Å². The maximum atomic E-state index is 12.9. The van der Waals surface area contributed by atoms with Gasteiger partial charge in [0.15, 0.2) is 0 Å². The zero-order valence-electron chi connectivity index (χ0n) is 43.6. The summed E-state index contributed by atoms with van der Waals surface area (Å²) in [7, 11) is 1.73.